The van der Waals surface area contributed by atoms with Crippen LogP contribution in [0.2, 0.25) is 0 Å². The van der Waals surface area contributed by atoms with Gasteiger partial charge in [0.25, 0.3) is 0 Å². The predicted molar refractivity (Wildman–Crippen MR) is 80.9 cm³/mol. The van der Waals surface area contributed by atoms with E-state index >= 15 is 0 Å². The number of hydrogen-bond acceptors (Lipinski definition) is 3. The summed E-state index contributed by atoms with van der Waals surface area (Å²) in [5, 5.41) is 9.78. The van der Waals surface area contributed by atoms with Crippen LogP contribution in [0.25, 0.3) is 22.6 Å². The molecule has 4 heteroatoms. The largest absolute Gasteiger partial charge is 0.508 e. The lowest BCUT2D eigenvalue weighted by Crippen LogP contribution is -1.88. The third kappa shape index (κ3) is 2.09. The molecule has 2 aromatic heterocycles. The number of nitrogens with one attached hydrogen (secondary N) is 1. The Kier molecular flexibility index (Phi) is 2.74. The highest BCUT2D eigenvalue weighted by Gasteiger charge is 2.19. The summed E-state index contributed by atoms with van der Waals surface area (Å²) in [6.07, 6.45) is 6.61. The molecule has 0 saturated carbocycles. The molecule has 0 amide bonds. The summed E-state index contributed by atoms with van der Waals surface area (Å²) in [6.45, 7) is 0. The number of phenols is 1. The number of phenolic OH excluding ortho intramolecular Hbond substituents is 1. The number of rotatable bonds is 1. The monoisotopic (exact) mass is 277 g/mol. The van der Waals surface area contributed by atoms with Crippen molar-refractivity contribution in [2.24, 2.45) is 0 Å². The van der Waals surface area contributed by atoms with E-state index in [4.69, 9.17) is 4.98 Å². The lowest BCUT2D eigenvalue weighted by molar-refractivity contribution is 0.475. The molecule has 2 N–H and O–H groups in total. The third-order valence-electron chi connectivity index (χ3n) is 3.95. The lowest BCUT2D eigenvalue weighted by atomic mass is 10.0. The van der Waals surface area contributed by atoms with Crippen molar-refractivity contribution in [1.29, 1.82) is 0 Å². The van der Waals surface area contributed by atoms with E-state index in [0.29, 0.717) is 0 Å². The van der Waals surface area contributed by atoms with Crippen LogP contribution >= 0.6 is 0 Å². The second kappa shape index (κ2) is 4.74. The number of aromatic amines is 1. The zero-order valence-corrected chi connectivity index (χ0v) is 11.5. The van der Waals surface area contributed by atoms with Gasteiger partial charge in [-0.15, -0.1) is 0 Å². The van der Waals surface area contributed by atoms with Crippen LogP contribution < -0.4 is 0 Å². The maximum atomic E-state index is 9.78. The van der Waals surface area contributed by atoms with Gasteiger partial charge in [-0.3, -0.25) is 4.98 Å². The fourth-order valence-corrected chi connectivity index (χ4v) is 2.92. The number of hydrogen-bond donors (Lipinski definition) is 2. The Bertz CT molecular complexity index is 793. The Morgan fingerprint density at radius 3 is 2.76 bits per heavy atom. The minimum absolute atomic E-state index is 0.287. The Hall–Kier alpha value is -2.62. The smallest absolute Gasteiger partial charge is 0.138 e. The topological polar surface area (TPSA) is 61.8 Å². The second-order valence-corrected chi connectivity index (χ2v) is 5.34. The number of nitrogens with zero attached hydrogens (tertiary/aromatic N) is 2. The molecule has 0 bridgehead atoms. The number of benzene rings is 1. The van der Waals surface area contributed by atoms with E-state index in [-0.39, 0.29) is 5.75 Å². The van der Waals surface area contributed by atoms with Gasteiger partial charge in [0.15, 0.2) is 0 Å². The number of fused-ring (bicyclic) bond motifs is 3. The molecule has 0 radical (unpaired) electrons. The summed E-state index contributed by atoms with van der Waals surface area (Å²) in [5.41, 5.74) is 5.43. The molecule has 3 aromatic rings. The molecular weight excluding hydrogens is 262 g/mol. The van der Waals surface area contributed by atoms with Crippen LogP contribution in [0.1, 0.15) is 17.7 Å². The molecule has 1 aliphatic rings. The predicted octanol–water partition coefficient (Wildman–Crippen LogP) is 3.33. The van der Waals surface area contributed by atoms with Crippen LogP contribution in [-0.2, 0) is 12.8 Å². The van der Waals surface area contributed by atoms with Crippen molar-refractivity contribution in [3.05, 3.63) is 54.0 Å². The SMILES string of the molecule is Oc1ccc2c(c1)-c1nc(-c3ccncc3)[nH]c1CCC2. The van der Waals surface area contributed by atoms with Gasteiger partial charge in [0.05, 0.1) is 5.69 Å². The average molecular weight is 277 g/mol. The molecule has 0 saturated heterocycles. The molecule has 0 fully saturated rings. The zero-order valence-electron chi connectivity index (χ0n) is 11.5. The van der Waals surface area contributed by atoms with Crippen molar-refractivity contribution in [3.8, 4) is 28.4 Å². The van der Waals surface area contributed by atoms with Crippen molar-refractivity contribution in [2.75, 3.05) is 0 Å². The molecule has 0 aliphatic heterocycles. The van der Waals surface area contributed by atoms with E-state index in [0.717, 1.165) is 47.6 Å². The third-order valence-corrected chi connectivity index (χ3v) is 3.95. The quantitative estimate of drug-likeness (QED) is 0.717. The summed E-state index contributed by atoms with van der Waals surface area (Å²) in [4.78, 5) is 12.2. The minimum Gasteiger partial charge on any atom is -0.508 e. The van der Waals surface area contributed by atoms with Crippen molar-refractivity contribution < 1.29 is 5.11 Å². The number of aryl methyl sites for hydroxylation is 2. The van der Waals surface area contributed by atoms with Crippen LogP contribution in [0.15, 0.2) is 42.7 Å². The molecular formula is C17H15N3O. The molecule has 21 heavy (non-hydrogen) atoms. The van der Waals surface area contributed by atoms with Gasteiger partial charge < -0.3 is 10.1 Å². The van der Waals surface area contributed by atoms with Gasteiger partial charge in [0, 0.05) is 29.2 Å². The van der Waals surface area contributed by atoms with Crippen LogP contribution in [0, 0.1) is 0 Å². The van der Waals surface area contributed by atoms with Gasteiger partial charge in [0.1, 0.15) is 11.6 Å². The van der Waals surface area contributed by atoms with Crippen molar-refractivity contribution >= 4 is 0 Å². The van der Waals surface area contributed by atoms with E-state index < -0.39 is 0 Å². The molecule has 0 atom stereocenters. The fourth-order valence-electron chi connectivity index (χ4n) is 2.92. The summed E-state index contributed by atoms with van der Waals surface area (Å²) in [5.74, 6) is 1.15. The maximum Gasteiger partial charge on any atom is 0.138 e. The Morgan fingerprint density at radius 1 is 1.05 bits per heavy atom. The average Bonchev–Trinajstić information content (AvgIpc) is 2.87. The summed E-state index contributed by atoms with van der Waals surface area (Å²) >= 11 is 0. The number of H-pyrrole nitrogens is 1. The highest BCUT2D eigenvalue weighted by atomic mass is 16.3. The van der Waals surface area contributed by atoms with Gasteiger partial charge in [-0.25, -0.2) is 4.98 Å². The summed E-state index contributed by atoms with van der Waals surface area (Å²) < 4.78 is 0. The Balaban J connectivity index is 1.89. The van der Waals surface area contributed by atoms with Gasteiger partial charge in [-0.2, -0.15) is 0 Å². The maximum absolute atomic E-state index is 9.78. The molecule has 1 aliphatic carbocycles. The summed E-state index contributed by atoms with van der Waals surface area (Å²) in [6, 6.07) is 9.46. The first kappa shape index (κ1) is 12.1. The van der Waals surface area contributed by atoms with Crippen LogP contribution in [-0.4, -0.2) is 20.1 Å². The van der Waals surface area contributed by atoms with Crippen molar-refractivity contribution in [2.45, 2.75) is 19.3 Å². The molecule has 1 aromatic carbocycles. The molecule has 4 nitrogen and oxygen atoms in total. The highest BCUT2D eigenvalue weighted by Crippen LogP contribution is 2.34. The van der Waals surface area contributed by atoms with Gasteiger partial charge in [0.2, 0.25) is 0 Å². The van der Waals surface area contributed by atoms with E-state index in [1.165, 1.54) is 5.56 Å². The second-order valence-electron chi connectivity index (χ2n) is 5.34. The molecule has 0 spiro atoms. The highest BCUT2D eigenvalue weighted by molar-refractivity contribution is 5.72. The van der Waals surface area contributed by atoms with Crippen LogP contribution in [0.4, 0.5) is 0 Å². The van der Waals surface area contributed by atoms with Gasteiger partial charge in [-0.1, -0.05) is 6.07 Å². The zero-order chi connectivity index (χ0) is 14.2. The first-order valence-corrected chi connectivity index (χ1v) is 7.13. The van der Waals surface area contributed by atoms with Crippen LogP contribution in [0.5, 0.6) is 5.75 Å². The van der Waals surface area contributed by atoms with Crippen LogP contribution in [0.3, 0.4) is 0 Å². The minimum atomic E-state index is 0.287. The number of aromatic hydroxyl groups is 1. The van der Waals surface area contributed by atoms with E-state index in [1.54, 1.807) is 18.5 Å². The summed E-state index contributed by atoms with van der Waals surface area (Å²) in [7, 11) is 0. The Labute approximate surface area is 122 Å². The molecule has 104 valence electrons. The fraction of sp³-hybridized carbons (Fsp3) is 0.176. The molecule has 2 heterocycles. The van der Waals surface area contributed by atoms with E-state index in [1.807, 2.05) is 24.3 Å². The van der Waals surface area contributed by atoms with Crippen molar-refractivity contribution in [1.82, 2.24) is 15.0 Å². The number of imidazole rings is 1. The van der Waals surface area contributed by atoms with E-state index in [9.17, 15) is 5.11 Å². The Morgan fingerprint density at radius 2 is 1.90 bits per heavy atom. The first-order valence-electron chi connectivity index (χ1n) is 7.13. The standard InChI is InChI=1S/C17H15N3O/c21-13-5-4-11-2-1-3-15-16(14(11)10-13)20-17(19-15)12-6-8-18-9-7-12/h4-10,21H,1-3H2,(H,19,20). The number of pyridine rings is 1. The molecule has 4 rings (SSSR count). The first-order chi connectivity index (χ1) is 10.3. The number of aromatic nitrogens is 3. The van der Waals surface area contributed by atoms with E-state index in [2.05, 4.69) is 9.97 Å². The van der Waals surface area contributed by atoms with Gasteiger partial charge in [-0.05, 0) is 49.1 Å². The van der Waals surface area contributed by atoms with Gasteiger partial charge >= 0.3 is 0 Å². The molecule has 0 unspecified atom stereocenters. The lowest BCUT2D eigenvalue weighted by Gasteiger charge is -2.05. The van der Waals surface area contributed by atoms with Crippen molar-refractivity contribution in [3.63, 3.8) is 0 Å². The normalized spacial score (nSPS) is 13.3.